The maximum Gasteiger partial charge on any atom is 0.363 e. The van der Waals surface area contributed by atoms with Gasteiger partial charge in [-0.2, -0.15) is 0 Å². The van der Waals surface area contributed by atoms with Crippen molar-refractivity contribution in [2.24, 2.45) is 4.99 Å². The van der Waals surface area contributed by atoms with Crippen molar-refractivity contribution in [2.75, 3.05) is 31.2 Å². The van der Waals surface area contributed by atoms with Gasteiger partial charge in [0.1, 0.15) is 0 Å². The number of nitro benzene ring substituents is 1. The highest BCUT2D eigenvalue weighted by Crippen LogP contribution is 2.30. The summed E-state index contributed by atoms with van der Waals surface area (Å²) in [4.78, 5) is 30.2. The summed E-state index contributed by atoms with van der Waals surface area (Å²) in [7, 11) is 0. The number of anilines is 1. The molecule has 1 aromatic carbocycles. The van der Waals surface area contributed by atoms with E-state index < -0.39 is 10.9 Å². The lowest BCUT2D eigenvalue weighted by molar-refractivity contribution is -0.385. The Morgan fingerprint density at radius 3 is 2.79 bits per heavy atom. The van der Waals surface area contributed by atoms with Crippen LogP contribution in [0.5, 0.6) is 0 Å². The lowest BCUT2D eigenvalue weighted by Crippen LogP contribution is -2.35. The summed E-state index contributed by atoms with van der Waals surface area (Å²) in [5.74, 6) is -0.496. The third-order valence-electron chi connectivity index (χ3n) is 4.49. The number of carbonyl (C=O) groups is 1. The molecule has 0 amide bonds. The van der Waals surface area contributed by atoms with Crippen LogP contribution in [0.1, 0.15) is 16.0 Å². The molecule has 0 aliphatic carbocycles. The average Bonchev–Trinajstić information content (AvgIpc) is 3.30. The molecular weight excluding hydrogens is 382 g/mol. The van der Waals surface area contributed by atoms with Gasteiger partial charge < -0.3 is 14.4 Å². The number of ether oxygens (including phenoxy) is 2. The Morgan fingerprint density at radius 2 is 2.04 bits per heavy atom. The topological polar surface area (TPSA) is 94.3 Å². The number of aliphatic imine (C=N–C) groups is 1. The molecule has 1 saturated heterocycles. The van der Waals surface area contributed by atoms with E-state index in [4.69, 9.17) is 9.47 Å². The number of aryl methyl sites for hydroxylation is 1. The molecule has 8 nitrogen and oxygen atoms in total. The summed E-state index contributed by atoms with van der Waals surface area (Å²) in [5, 5.41) is 12.2. The third-order valence-corrected chi connectivity index (χ3v) is 5.58. The Labute approximate surface area is 164 Å². The molecule has 0 saturated carbocycles. The quantitative estimate of drug-likeness (QED) is 0.339. The zero-order valence-electron chi connectivity index (χ0n) is 15.1. The molecule has 3 heterocycles. The Balaban J connectivity index is 1.58. The molecule has 0 N–H and O–H groups in total. The largest absolute Gasteiger partial charge is 0.402 e. The van der Waals surface area contributed by atoms with Crippen LogP contribution in [0, 0.1) is 17.0 Å². The van der Waals surface area contributed by atoms with Crippen LogP contribution in [0.2, 0.25) is 0 Å². The molecule has 0 spiro atoms. The molecule has 0 unspecified atom stereocenters. The van der Waals surface area contributed by atoms with Crippen LogP contribution >= 0.6 is 11.3 Å². The van der Waals surface area contributed by atoms with Gasteiger partial charge in [-0.3, -0.25) is 10.1 Å². The summed E-state index contributed by atoms with van der Waals surface area (Å²) < 4.78 is 10.6. The smallest absolute Gasteiger partial charge is 0.363 e. The van der Waals surface area contributed by atoms with Gasteiger partial charge in [0.2, 0.25) is 5.90 Å². The van der Waals surface area contributed by atoms with E-state index in [2.05, 4.69) is 9.89 Å². The molecule has 2 aliphatic rings. The van der Waals surface area contributed by atoms with Crippen LogP contribution in [0.4, 0.5) is 10.7 Å². The predicted octanol–water partition coefficient (Wildman–Crippen LogP) is 3.15. The molecule has 0 radical (unpaired) electrons. The van der Waals surface area contributed by atoms with Gasteiger partial charge in [-0.25, -0.2) is 9.79 Å². The van der Waals surface area contributed by atoms with Crippen LogP contribution < -0.4 is 4.90 Å². The molecule has 2 aromatic rings. The first kappa shape index (κ1) is 18.3. The minimum absolute atomic E-state index is 0.0397. The van der Waals surface area contributed by atoms with Crippen molar-refractivity contribution in [2.45, 2.75) is 6.92 Å². The fraction of sp³-hybridized carbons (Fsp3) is 0.263. The summed E-state index contributed by atoms with van der Waals surface area (Å²) in [5.41, 5.74) is 1.06. The first-order valence-electron chi connectivity index (χ1n) is 8.72. The van der Waals surface area contributed by atoms with Gasteiger partial charge in [-0.15, -0.1) is 11.3 Å². The summed E-state index contributed by atoms with van der Waals surface area (Å²) >= 11 is 1.56. The molecule has 144 valence electrons. The molecule has 2 aliphatic heterocycles. The van der Waals surface area contributed by atoms with Crippen molar-refractivity contribution in [3.63, 3.8) is 0 Å². The standard InChI is InChI=1S/C19H17N3O5S/c1-12-2-3-13(10-16(12)22(24)25)18-20-15(19(23)27-18)11-14-4-5-17(28-14)21-6-8-26-9-7-21/h2-5,10-11H,6-9H2,1H3. The monoisotopic (exact) mass is 399 g/mol. The highest BCUT2D eigenvalue weighted by molar-refractivity contribution is 7.16. The lowest BCUT2D eigenvalue weighted by Gasteiger charge is -2.27. The van der Waals surface area contributed by atoms with E-state index in [1.165, 1.54) is 6.07 Å². The first-order valence-corrected chi connectivity index (χ1v) is 9.53. The van der Waals surface area contributed by atoms with Gasteiger partial charge >= 0.3 is 5.97 Å². The maximum absolute atomic E-state index is 12.2. The summed E-state index contributed by atoms with van der Waals surface area (Å²) in [6, 6.07) is 8.57. The van der Waals surface area contributed by atoms with Crippen LogP contribution in [0.25, 0.3) is 6.08 Å². The van der Waals surface area contributed by atoms with E-state index in [-0.39, 0.29) is 17.3 Å². The zero-order chi connectivity index (χ0) is 19.7. The Kier molecular flexibility index (Phi) is 4.93. The van der Waals surface area contributed by atoms with Gasteiger partial charge in [0.05, 0.1) is 23.1 Å². The fourth-order valence-corrected chi connectivity index (χ4v) is 3.98. The Bertz CT molecular complexity index is 1000. The number of esters is 1. The number of hydrogen-bond donors (Lipinski definition) is 0. The minimum Gasteiger partial charge on any atom is -0.402 e. The number of nitrogens with zero attached hydrogens (tertiary/aromatic N) is 3. The number of rotatable bonds is 4. The van der Waals surface area contributed by atoms with Crippen molar-refractivity contribution >= 4 is 40.0 Å². The summed E-state index contributed by atoms with van der Waals surface area (Å²) in [6.07, 6.45) is 1.67. The lowest BCUT2D eigenvalue weighted by atomic mass is 10.1. The van der Waals surface area contributed by atoms with Crippen LogP contribution in [-0.4, -0.2) is 43.1 Å². The zero-order valence-corrected chi connectivity index (χ0v) is 15.9. The minimum atomic E-state index is -0.570. The van der Waals surface area contributed by atoms with Gasteiger partial charge in [0.25, 0.3) is 5.69 Å². The first-order chi connectivity index (χ1) is 13.5. The van der Waals surface area contributed by atoms with E-state index >= 15 is 0 Å². The van der Waals surface area contributed by atoms with Crippen molar-refractivity contribution in [1.82, 2.24) is 0 Å². The van der Waals surface area contributed by atoms with E-state index in [1.807, 2.05) is 12.1 Å². The fourth-order valence-electron chi connectivity index (χ4n) is 2.98. The van der Waals surface area contributed by atoms with E-state index in [0.717, 1.165) is 23.0 Å². The molecule has 4 rings (SSSR count). The highest BCUT2D eigenvalue weighted by atomic mass is 32.1. The number of cyclic esters (lactones) is 1. The second kappa shape index (κ2) is 7.53. The predicted molar refractivity (Wildman–Crippen MR) is 106 cm³/mol. The van der Waals surface area contributed by atoms with Crippen LogP contribution in [0.15, 0.2) is 41.0 Å². The average molecular weight is 399 g/mol. The van der Waals surface area contributed by atoms with Crippen LogP contribution in [-0.2, 0) is 14.3 Å². The van der Waals surface area contributed by atoms with Gasteiger partial charge in [-0.1, -0.05) is 6.07 Å². The van der Waals surface area contributed by atoms with Crippen molar-refractivity contribution in [3.8, 4) is 0 Å². The van der Waals surface area contributed by atoms with E-state index in [0.29, 0.717) is 24.3 Å². The Morgan fingerprint density at radius 1 is 1.25 bits per heavy atom. The maximum atomic E-state index is 12.2. The van der Waals surface area contributed by atoms with Crippen molar-refractivity contribution in [3.05, 3.63) is 62.1 Å². The normalized spacial score (nSPS) is 18.3. The molecule has 1 aromatic heterocycles. The van der Waals surface area contributed by atoms with Gasteiger partial charge in [0.15, 0.2) is 5.70 Å². The molecule has 0 bridgehead atoms. The second-order valence-electron chi connectivity index (χ2n) is 6.37. The van der Waals surface area contributed by atoms with Crippen LogP contribution in [0.3, 0.4) is 0 Å². The second-order valence-corrected chi connectivity index (χ2v) is 7.46. The molecule has 0 atom stereocenters. The SMILES string of the molecule is Cc1ccc(C2=NC(=Cc3ccc(N4CCOCC4)s3)C(=O)O2)cc1[N+](=O)[O-]. The number of carbonyl (C=O) groups excluding carboxylic acids is 1. The summed E-state index contributed by atoms with van der Waals surface area (Å²) in [6.45, 7) is 4.74. The molecule has 9 heteroatoms. The number of nitro groups is 1. The van der Waals surface area contributed by atoms with Gasteiger partial charge in [-0.05, 0) is 31.2 Å². The Hall–Kier alpha value is -3.04. The van der Waals surface area contributed by atoms with Gasteiger partial charge in [0, 0.05) is 35.2 Å². The number of thiophene rings is 1. The third kappa shape index (κ3) is 3.67. The highest BCUT2D eigenvalue weighted by Gasteiger charge is 2.26. The van der Waals surface area contributed by atoms with E-state index in [1.54, 1.807) is 36.5 Å². The van der Waals surface area contributed by atoms with E-state index in [9.17, 15) is 14.9 Å². The molecule has 28 heavy (non-hydrogen) atoms. The van der Waals surface area contributed by atoms with Crippen molar-refractivity contribution < 1.29 is 19.2 Å². The molecule has 1 fully saturated rings. The number of morpholine rings is 1. The number of benzene rings is 1. The molecular formula is C19H17N3O5S. The number of hydrogen-bond acceptors (Lipinski definition) is 8. The van der Waals surface area contributed by atoms with Crippen molar-refractivity contribution in [1.29, 1.82) is 0 Å².